The summed E-state index contributed by atoms with van der Waals surface area (Å²) in [6.07, 6.45) is 0.786. The molecule has 0 aliphatic carbocycles. The molecule has 2 rings (SSSR count). The molecule has 1 heterocycles. The first-order valence-corrected chi connectivity index (χ1v) is 6.13. The van der Waals surface area contributed by atoms with Crippen LogP contribution in [-0.2, 0) is 16.1 Å². The van der Waals surface area contributed by atoms with Gasteiger partial charge in [-0.05, 0) is 12.0 Å². The van der Waals surface area contributed by atoms with E-state index in [1.54, 1.807) is 12.1 Å². The van der Waals surface area contributed by atoms with Crippen molar-refractivity contribution in [1.29, 1.82) is 0 Å². The molecule has 0 spiro atoms. The number of amidine groups is 1. The third kappa shape index (κ3) is 3.45. The summed E-state index contributed by atoms with van der Waals surface area (Å²) in [6.45, 7) is 1.63. The number of amides is 1. The summed E-state index contributed by atoms with van der Waals surface area (Å²) < 4.78 is 5.17. The van der Waals surface area contributed by atoms with E-state index >= 15 is 0 Å². The zero-order chi connectivity index (χ0) is 13.7. The van der Waals surface area contributed by atoms with E-state index in [0.29, 0.717) is 25.3 Å². The van der Waals surface area contributed by atoms with Crippen LogP contribution in [0.4, 0.5) is 0 Å². The number of nitrogens with two attached hydrogens (primary N) is 1. The number of carbonyl (C=O) groups is 1. The lowest BCUT2D eigenvalue weighted by Crippen LogP contribution is -2.30. The lowest BCUT2D eigenvalue weighted by molar-refractivity contribution is -0.125. The highest BCUT2D eigenvalue weighted by Gasteiger charge is 2.22. The fraction of sp³-hybridized carbons (Fsp3) is 0.385. The molecule has 6 heteroatoms. The second kappa shape index (κ2) is 6.19. The van der Waals surface area contributed by atoms with Crippen molar-refractivity contribution in [1.82, 2.24) is 5.32 Å². The number of ether oxygens (including phenoxy) is 1. The number of carbonyl (C=O) groups excluding carboxylic acids is 1. The molecule has 19 heavy (non-hydrogen) atoms. The quantitative estimate of drug-likeness (QED) is 0.318. The fourth-order valence-electron chi connectivity index (χ4n) is 1.93. The molecule has 102 valence electrons. The van der Waals surface area contributed by atoms with E-state index in [9.17, 15) is 4.79 Å². The molecular formula is C13H17N3O3. The molecule has 1 unspecified atom stereocenters. The van der Waals surface area contributed by atoms with E-state index in [2.05, 4.69) is 10.5 Å². The third-order valence-corrected chi connectivity index (χ3v) is 3.12. The highest BCUT2D eigenvalue weighted by Crippen LogP contribution is 2.12. The van der Waals surface area contributed by atoms with E-state index in [-0.39, 0.29) is 17.7 Å². The van der Waals surface area contributed by atoms with Crippen LogP contribution >= 0.6 is 0 Å². The van der Waals surface area contributed by atoms with Gasteiger partial charge < -0.3 is 21.0 Å². The minimum absolute atomic E-state index is 0.0259. The van der Waals surface area contributed by atoms with E-state index in [1.165, 1.54) is 0 Å². The summed E-state index contributed by atoms with van der Waals surface area (Å²) in [4.78, 5) is 11.8. The summed E-state index contributed by atoms with van der Waals surface area (Å²) in [5, 5.41) is 14.3. The summed E-state index contributed by atoms with van der Waals surface area (Å²) >= 11 is 0. The largest absolute Gasteiger partial charge is 0.409 e. The Morgan fingerprint density at radius 2 is 2.21 bits per heavy atom. The van der Waals surface area contributed by atoms with Gasteiger partial charge in [0.2, 0.25) is 5.91 Å². The van der Waals surface area contributed by atoms with Crippen LogP contribution in [0.3, 0.4) is 0 Å². The van der Waals surface area contributed by atoms with Crippen LogP contribution in [0.5, 0.6) is 0 Å². The van der Waals surface area contributed by atoms with Crippen molar-refractivity contribution in [3.63, 3.8) is 0 Å². The van der Waals surface area contributed by atoms with Crippen LogP contribution in [0.2, 0.25) is 0 Å². The topological polar surface area (TPSA) is 96.9 Å². The maximum Gasteiger partial charge on any atom is 0.225 e. The fourth-order valence-corrected chi connectivity index (χ4v) is 1.93. The second-order valence-electron chi connectivity index (χ2n) is 4.46. The second-order valence-corrected chi connectivity index (χ2v) is 4.46. The van der Waals surface area contributed by atoms with Crippen LogP contribution in [0.25, 0.3) is 0 Å². The predicted octanol–water partition coefficient (Wildman–Crippen LogP) is 0.434. The minimum Gasteiger partial charge on any atom is -0.409 e. The maximum atomic E-state index is 11.8. The molecule has 1 aliphatic rings. The van der Waals surface area contributed by atoms with Gasteiger partial charge in [0.1, 0.15) is 0 Å². The van der Waals surface area contributed by atoms with Crippen LogP contribution < -0.4 is 11.1 Å². The molecule has 0 saturated carbocycles. The Bertz CT molecular complexity index is 465. The van der Waals surface area contributed by atoms with Crippen LogP contribution in [-0.4, -0.2) is 30.2 Å². The molecule has 1 aromatic rings. The molecule has 0 bridgehead atoms. The molecule has 1 amide bonds. The Kier molecular flexibility index (Phi) is 4.35. The Balaban J connectivity index is 1.87. The van der Waals surface area contributed by atoms with Crippen molar-refractivity contribution in [2.75, 3.05) is 13.2 Å². The first-order valence-electron chi connectivity index (χ1n) is 6.13. The molecular weight excluding hydrogens is 246 g/mol. The van der Waals surface area contributed by atoms with E-state index < -0.39 is 0 Å². The summed E-state index contributed by atoms with van der Waals surface area (Å²) in [7, 11) is 0. The smallest absolute Gasteiger partial charge is 0.225 e. The van der Waals surface area contributed by atoms with Crippen molar-refractivity contribution < 1.29 is 14.7 Å². The number of hydrogen-bond acceptors (Lipinski definition) is 4. The van der Waals surface area contributed by atoms with Gasteiger partial charge in [-0.3, -0.25) is 4.79 Å². The van der Waals surface area contributed by atoms with Gasteiger partial charge in [-0.25, -0.2) is 0 Å². The number of rotatable bonds is 4. The molecule has 1 fully saturated rings. The van der Waals surface area contributed by atoms with Crippen LogP contribution in [0.1, 0.15) is 17.5 Å². The van der Waals surface area contributed by atoms with Gasteiger partial charge in [-0.15, -0.1) is 0 Å². The predicted molar refractivity (Wildman–Crippen MR) is 69.7 cm³/mol. The van der Waals surface area contributed by atoms with Gasteiger partial charge in [0.05, 0.1) is 12.5 Å². The standard InChI is InChI=1S/C13H17N3O3/c14-12(16-18)10-3-1-9(2-4-10)7-15-13(17)11-5-6-19-8-11/h1-4,11,18H,5-8H2,(H2,14,16)(H,15,17). The van der Waals surface area contributed by atoms with E-state index in [4.69, 9.17) is 15.7 Å². The lowest BCUT2D eigenvalue weighted by atomic mass is 10.1. The van der Waals surface area contributed by atoms with Crippen molar-refractivity contribution in [3.05, 3.63) is 35.4 Å². The number of hydrogen-bond donors (Lipinski definition) is 3. The highest BCUT2D eigenvalue weighted by atomic mass is 16.5. The van der Waals surface area contributed by atoms with Gasteiger partial charge >= 0.3 is 0 Å². The average molecular weight is 263 g/mol. The Hall–Kier alpha value is -2.08. The average Bonchev–Trinajstić information content (AvgIpc) is 2.98. The molecule has 1 atom stereocenters. The van der Waals surface area contributed by atoms with E-state index in [1.807, 2.05) is 12.1 Å². The van der Waals surface area contributed by atoms with Gasteiger partial charge in [0, 0.05) is 18.7 Å². The Labute approximate surface area is 111 Å². The normalized spacial score (nSPS) is 19.4. The maximum absolute atomic E-state index is 11.8. The zero-order valence-electron chi connectivity index (χ0n) is 10.5. The molecule has 0 aromatic heterocycles. The summed E-state index contributed by atoms with van der Waals surface area (Å²) in [6, 6.07) is 7.15. The van der Waals surface area contributed by atoms with Gasteiger partial charge in [0.25, 0.3) is 0 Å². The van der Waals surface area contributed by atoms with Crippen molar-refractivity contribution in [3.8, 4) is 0 Å². The molecule has 1 aliphatic heterocycles. The van der Waals surface area contributed by atoms with Gasteiger partial charge in [0.15, 0.2) is 5.84 Å². The first-order chi connectivity index (χ1) is 9.20. The van der Waals surface area contributed by atoms with Gasteiger partial charge in [-0.2, -0.15) is 0 Å². The number of nitrogens with one attached hydrogen (secondary N) is 1. The monoisotopic (exact) mass is 263 g/mol. The van der Waals surface area contributed by atoms with Crippen LogP contribution in [0, 0.1) is 5.92 Å². The Morgan fingerprint density at radius 3 is 2.79 bits per heavy atom. The number of oxime groups is 1. The SMILES string of the molecule is N/C(=N/O)c1ccc(CNC(=O)C2CCOC2)cc1. The highest BCUT2D eigenvalue weighted by molar-refractivity contribution is 5.96. The van der Waals surface area contributed by atoms with Crippen molar-refractivity contribution in [2.45, 2.75) is 13.0 Å². The molecule has 0 radical (unpaired) electrons. The summed E-state index contributed by atoms with van der Waals surface area (Å²) in [5.41, 5.74) is 7.07. The molecule has 4 N–H and O–H groups in total. The molecule has 6 nitrogen and oxygen atoms in total. The molecule has 1 aromatic carbocycles. The lowest BCUT2D eigenvalue weighted by Gasteiger charge is -2.09. The number of benzene rings is 1. The zero-order valence-corrected chi connectivity index (χ0v) is 10.5. The summed E-state index contributed by atoms with van der Waals surface area (Å²) in [5.74, 6) is 0.0631. The minimum atomic E-state index is -0.0311. The third-order valence-electron chi connectivity index (χ3n) is 3.12. The van der Waals surface area contributed by atoms with Crippen molar-refractivity contribution >= 4 is 11.7 Å². The Morgan fingerprint density at radius 1 is 1.47 bits per heavy atom. The molecule has 1 saturated heterocycles. The van der Waals surface area contributed by atoms with Gasteiger partial charge in [-0.1, -0.05) is 29.4 Å². The number of nitrogens with zero attached hydrogens (tertiary/aromatic N) is 1. The van der Waals surface area contributed by atoms with Crippen molar-refractivity contribution in [2.24, 2.45) is 16.8 Å². The van der Waals surface area contributed by atoms with Crippen LogP contribution in [0.15, 0.2) is 29.4 Å². The van der Waals surface area contributed by atoms with E-state index in [0.717, 1.165) is 12.0 Å². The first kappa shape index (κ1) is 13.4.